The van der Waals surface area contributed by atoms with Crippen LogP contribution in [0.1, 0.15) is 51.5 Å². The van der Waals surface area contributed by atoms with E-state index in [1.165, 1.54) is 6.07 Å². The average molecular weight is 312 g/mol. The van der Waals surface area contributed by atoms with Crippen LogP contribution in [0, 0.1) is 17.1 Å². The molecule has 1 atom stereocenters. The minimum Gasteiger partial charge on any atom is -0.208 e. The summed E-state index contributed by atoms with van der Waals surface area (Å²) >= 11 is 0. The molecule has 6 heteroatoms. The Hall–Kier alpha value is -1.45. The first-order chi connectivity index (χ1) is 9.90. The number of unbranched alkanes of at least 4 members (excludes halogenated alkanes) is 3. The Kier molecular flexibility index (Phi) is 6.79. The highest BCUT2D eigenvalue weighted by Crippen LogP contribution is 2.15. The molecule has 0 saturated carbocycles. The molecular weight excluding hydrogens is 291 g/mol. The van der Waals surface area contributed by atoms with Crippen LogP contribution in [0.2, 0.25) is 0 Å². The van der Waals surface area contributed by atoms with Gasteiger partial charge in [0.25, 0.3) is 0 Å². The molecule has 1 rings (SSSR count). The number of nitriles is 1. The van der Waals surface area contributed by atoms with Gasteiger partial charge in [0, 0.05) is 6.04 Å². The molecule has 0 spiro atoms. The van der Waals surface area contributed by atoms with Crippen LogP contribution in [0.5, 0.6) is 0 Å². The highest BCUT2D eigenvalue weighted by Gasteiger charge is 2.18. The summed E-state index contributed by atoms with van der Waals surface area (Å²) in [7, 11) is -3.72. The van der Waals surface area contributed by atoms with E-state index < -0.39 is 15.8 Å². The normalized spacial score (nSPS) is 12.9. The summed E-state index contributed by atoms with van der Waals surface area (Å²) < 4.78 is 40.1. The van der Waals surface area contributed by atoms with Gasteiger partial charge in [0.1, 0.15) is 11.9 Å². The van der Waals surface area contributed by atoms with Crippen LogP contribution in [0.15, 0.2) is 23.1 Å². The molecular formula is C15H21FN2O2S. The monoisotopic (exact) mass is 312 g/mol. The number of hydrogen-bond donors (Lipinski definition) is 1. The highest BCUT2D eigenvalue weighted by molar-refractivity contribution is 7.89. The zero-order chi connectivity index (χ0) is 15.9. The van der Waals surface area contributed by atoms with E-state index in [0.29, 0.717) is 0 Å². The molecule has 0 saturated heterocycles. The number of halogens is 1. The second kappa shape index (κ2) is 8.11. The van der Waals surface area contributed by atoms with Gasteiger partial charge in [0.15, 0.2) is 0 Å². The van der Waals surface area contributed by atoms with Gasteiger partial charge < -0.3 is 0 Å². The van der Waals surface area contributed by atoms with E-state index in [-0.39, 0.29) is 16.5 Å². The van der Waals surface area contributed by atoms with Gasteiger partial charge in [0.05, 0.1) is 10.5 Å². The highest BCUT2D eigenvalue weighted by atomic mass is 32.2. The Morgan fingerprint density at radius 3 is 2.67 bits per heavy atom. The van der Waals surface area contributed by atoms with Gasteiger partial charge in [-0.3, -0.25) is 0 Å². The van der Waals surface area contributed by atoms with E-state index in [2.05, 4.69) is 11.6 Å². The molecule has 4 nitrogen and oxygen atoms in total. The number of sulfonamides is 1. The van der Waals surface area contributed by atoms with Crippen LogP contribution in [-0.2, 0) is 10.0 Å². The number of nitrogens with zero attached hydrogens (tertiary/aromatic N) is 1. The van der Waals surface area contributed by atoms with Gasteiger partial charge in [-0.25, -0.2) is 17.5 Å². The number of nitrogens with one attached hydrogen (secondary N) is 1. The lowest BCUT2D eigenvalue weighted by Gasteiger charge is -2.14. The number of rotatable bonds is 8. The number of benzene rings is 1. The van der Waals surface area contributed by atoms with E-state index in [4.69, 9.17) is 5.26 Å². The van der Waals surface area contributed by atoms with Crippen molar-refractivity contribution in [3.05, 3.63) is 29.6 Å². The molecule has 0 heterocycles. The van der Waals surface area contributed by atoms with Crippen molar-refractivity contribution in [1.82, 2.24) is 4.72 Å². The third kappa shape index (κ3) is 5.44. The third-order valence-electron chi connectivity index (χ3n) is 3.22. The Balaban J connectivity index is 2.71. The van der Waals surface area contributed by atoms with Gasteiger partial charge in [0.2, 0.25) is 10.0 Å². The molecule has 0 bridgehead atoms. The quantitative estimate of drug-likeness (QED) is 0.748. The minimum atomic E-state index is -3.72. The topological polar surface area (TPSA) is 70.0 Å². The van der Waals surface area contributed by atoms with Gasteiger partial charge in [-0.05, 0) is 31.5 Å². The summed E-state index contributed by atoms with van der Waals surface area (Å²) in [6, 6.07) is 4.67. The fourth-order valence-electron chi connectivity index (χ4n) is 2.03. The molecule has 0 amide bonds. The van der Waals surface area contributed by atoms with Crippen molar-refractivity contribution >= 4 is 10.0 Å². The molecule has 0 aliphatic rings. The van der Waals surface area contributed by atoms with Crippen molar-refractivity contribution < 1.29 is 12.8 Å². The Morgan fingerprint density at radius 2 is 2.05 bits per heavy atom. The van der Waals surface area contributed by atoms with Gasteiger partial charge in [-0.2, -0.15) is 5.26 Å². The van der Waals surface area contributed by atoms with Crippen molar-refractivity contribution in [3.8, 4) is 6.07 Å². The SMILES string of the molecule is CCCCCCC(C)NS(=O)(=O)c1ccc(F)c(C#N)c1. The maximum Gasteiger partial charge on any atom is 0.240 e. The molecule has 0 fully saturated rings. The van der Waals surface area contributed by atoms with Crippen LogP contribution < -0.4 is 4.72 Å². The van der Waals surface area contributed by atoms with E-state index in [1.54, 1.807) is 13.0 Å². The molecule has 0 aromatic heterocycles. The van der Waals surface area contributed by atoms with Crippen LogP contribution in [0.3, 0.4) is 0 Å². The van der Waals surface area contributed by atoms with E-state index in [0.717, 1.165) is 44.2 Å². The molecule has 0 aliphatic heterocycles. The van der Waals surface area contributed by atoms with Crippen molar-refractivity contribution in [2.24, 2.45) is 0 Å². The Bertz CT molecular complexity index is 609. The van der Waals surface area contributed by atoms with Crippen molar-refractivity contribution in [1.29, 1.82) is 5.26 Å². The first-order valence-electron chi connectivity index (χ1n) is 7.12. The van der Waals surface area contributed by atoms with E-state index in [9.17, 15) is 12.8 Å². The summed E-state index contributed by atoms with van der Waals surface area (Å²) in [5.74, 6) is -0.718. The molecule has 1 aromatic carbocycles. The van der Waals surface area contributed by atoms with Crippen molar-refractivity contribution in [2.75, 3.05) is 0 Å². The van der Waals surface area contributed by atoms with E-state index in [1.807, 2.05) is 0 Å². The molecule has 1 unspecified atom stereocenters. The lowest BCUT2D eigenvalue weighted by Crippen LogP contribution is -2.32. The molecule has 1 N–H and O–H groups in total. The second-order valence-corrected chi connectivity index (χ2v) is 6.84. The number of hydrogen-bond acceptors (Lipinski definition) is 3. The Morgan fingerprint density at radius 1 is 1.33 bits per heavy atom. The van der Waals surface area contributed by atoms with Crippen LogP contribution in [-0.4, -0.2) is 14.5 Å². The summed E-state index contributed by atoms with van der Waals surface area (Å²) in [5, 5.41) is 8.75. The van der Waals surface area contributed by atoms with Crippen LogP contribution in [0.4, 0.5) is 4.39 Å². The summed E-state index contributed by atoms with van der Waals surface area (Å²) in [6.07, 6.45) is 5.07. The lowest BCUT2D eigenvalue weighted by atomic mass is 10.1. The first kappa shape index (κ1) is 17.6. The fourth-order valence-corrected chi connectivity index (χ4v) is 3.33. The minimum absolute atomic E-state index is 0.0825. The van der Waals surface area contributed by atoms with Crippen LogP contribution >= 0.6 is 0 Å². The molecule has 21 heavy (non-hydrogen) atoms. The maximum atomic E-state index is 13.2. The van der Waals surface area contributed by atoms with Gasteiger partial charge in [-0.1, -0.05) is 32.6 Å². The third-order valence-corrected chi connectivity index (χ3v) is 4.80. The largest absolute Gasteiger partial charge is 0.240 e. The average Bonchev–Trinajstić information content (AvgIpc) is 2.43. The summed E-state index contributed by atoms with van der Waals surface area (Å²) in [5.41, 5.74) is -0.270. The molecule has 116 valence electrons. The summed E-state index contributed by atoms with van der Waals surface area (Å²) in [6.45, 7) is 3.92. The zero-order valence-electron chi connectivity index (χ0n) is 12.4. The lowest BCUT2D eigenvalue weighted by molar-refractivity contribution is 0.521. The Labute approximate surface area is 126 Å². The van der Waals surface area contributed by atoms with Gasteiger partial charge in [-0.15, -0.1) is 0 Å². The van der Waals surface area contributed by atoms with Crippen LogP contribution in [0.25, 0.3) is 0 Å². The van der Waals surface area contributed by atoms with Crippen molar-refractivity contribution in [3.63, 3.8) is 0 Å². The molecule has 1 aromatic rings. The standard InChI is InChI=1S/C15H21FN2O2S/c1-3-4-5-6-7-12(2)18-21(19,20)14-8-9-15(16)13(10-14)11-17/h8-10,12,18H,3-7H2,1-2H3. The smallest absolute Gasteiger partial charge is 0.208 e. The predicted molar refractivity (Wildman–Crippen MR) is 79.7 cm³/mol. The fraction of sp³-hybridized carbons (Fsp3) is 0.533. The molecule has 0 radical (unpaired) electrons. The summed E-state index contributed by atoms with van der Waals surface area (Å²) in [4.78, 5) is -0.0825. The predicted octanol–water partition coefficient (Wildman–Crippen LogP) is 3.33. The zero-order valence-corrected chi connectivity index (χ0v) is 13.2. The van der Waals surface area contributed by atoms with Gasteiger partial charge >= 0.3 is 0 Å². The van der Waals surface area contributed by atoms with Crippen molar-refractivity contribution in [2.45, 2.75) is 56.9 Å². The molecule has 0 aliphatic carbocycles. The maximum absolute atomic E-state index is 13.2. The second-order valence-electron chi connectivity index (χ2n) is 5.13. The van der Waals surface area contributed by atoms with E-state index >= 15 is 0 Å². The first-order valence-corrected chi connectivity index (χ1v) is 8.61.